The number of fused-ring (bicyclic) bond motifs is 1. The van der Waals surface area contributed by atoms with Gasteiger partial charge in [0.1, 0.15) is 17.5 Å². The van der Waals surface area contributed by atoms with Crippen LogP contribution in [0.25, 0.3) is 11.0 Å². The SMILES string of the molecule is CCc1nc(Cc2nc3ccccc3[nH]2)nc(NC)c1C. The minimum Gasteiger partial charge on any atom is -0.373 e. The molecule has 2 aromatic heterocycles. The fraction of sp³-hybridized carbons (Fsp3) is 0.312. The summed E-state index contributed by atoms with van der Waals surface area (Å²) in [6, 6.07) is 8.02. The molecule has 0 aliphatic heterocycles. The molecule has 0 spiro atoms. The number of hydrogen-bond acceptors (Lipinski definition) is 4. The molecule has 5 nitrogen and oxygen atoms in total. The number of aromatic amines is 1. The topological polar surface area (TPSA) is 66.5 Å². The van der Waals surface area contributed by atoms with Crippen LogP contribution < -0.4 is 5.32 Å². The van der Waals surface area contributed by atoms with Crippen molar-refractivity contribution in [2.45, 2.75) is 26.7 Å². The van der Waals surface area contributed by atoms with Crippen molar-refractivity contribution in [2.24, 2.45) is 0 Å². The molecule has 3 aromatic rings. The number of hydrogen-bond donors (Lipinski definition) is 2. The Labute approximate surface area is 123 Å². The van der Waals surface area contributed by atoms with Gasteiger partial charge in [0, 0.05) is 18.3 Å². The Kier molecular flexibility index (Phi) is 3.56. The molecular formula is C16H19N5. The van der Waals surface area contributed by atoms with Crippen molar-refractivity contribution in [3.8, 4) is 0 Å². The second-order valence-corrected chi connectivity index (χ2v) is 5.04. The summed E-state index contributed by atoms with van der Waals surface area (Å²) in [6.07, 6.45) is 1.51. The van der Waals surface area contributed by atoms with E-state index in [1.54, 1.807) is 0 Å². The van der Waals surface area contributed by atoms with Gasteiger partial charge in [-0.05, 0) is 25.5 Å². The zero-order chi connectivity index (χ0) is 14.8. The lowest BCUT2D eigenvalue weighted by Crippen LogP contribution is -2.08. The highest BCUT2D eigenvalue weighted by atomic mass is 15.0. The molecule has 21 heavy (non-hydrogen) atoms. The first-order valence-electron chi connectivity index (χ1n) is 7.19. The molecule has 2 heterocycles. The van der Waals surface area contributed by atoms with Crippen LogP contribution in [0.15, 0.2) is 24.3 Å². The monoisotopic (exact) mass is 281 g/mol. The normalized spacial score (nSPS) is 11.0. The first-order chi connectivity index (χ1) is 10.2. The van der Waals surface area contributed by atoms with Crippen LogP contribution in [0.5, 0.6) is 0 Å². The highest BCUT2D eigenvalue weighted by Gasteiger charge is 2.11. The lowest BCUT2D eigenvalue weighted by atomic mass is 10.2. The van der Waals surface area contributed by atoms with E-state index >= 15 is 0 Å². The van der Waals surface area contributed by atoms with E-state index in [-0.39, 0.29) is 0 Å². The number of nitrogens with zero attached hydrogens (tertiary/aromatic N) is 3. The van der Waals surface area contributed by atoms with Crippen LogP contribution >= 0.6 is 0 Å². The molecule has 0 aliphatic carbocycles. The predicted octanol–water partition coefficient (Wildman–Crippen LogP) is 2.86. The lowest BCUT2D eigenvalue weighted by molar-refractivity contribution is 0.867. The molecule has 0 unspecified atom stereocenters. The number of benzene rings is 1. The molecule has 0 atom stereocenters. The van der Waals surface area contributed by atoms with E-state index in [0.29, 0.717) is 6.42 Å². The van der Waals surface area contributed by atoms with E-state index in [1.807, 2.05) is 31.3 Å². The Morgan fingerprint density at radius 1 is 1.14 bits per heavy atom. The molecule has 3 rings (SSSR count). The molecule has 108 valence electrons. The fourth-order valence-corrected chi connectivity index (χ4v) is 2.52. The molecule has 0 bridgehead atoms. The van der Waals surface area contributed by atoms with Crippen molar-refractivity contribution in [1.82, 2.24) is 19.9 Å². The van der Waals surface area contributed by atoms with Gasteiger partial charge in [0.05, 0.1) is 17.5 Å². The van der Waals surface area contributed by atoms with Gasteiger partial charge >= 0.3 is 0 Å². The molecule has 1 aromatic carbocycles. The summed E-state index contributed by atoms with van der Waals surface area (Å²) in [4.78, 5) is 17.1. The number of aromatic nitrogens is 4. The second kappa shape index (κ2) is 5.52. The maximum absolute atomic E-state index is 4.65. The minimum absolute atomic E-state index is 0.608. The summed E-state index contributed by atoms with van der Waals surface area (Å²) in [5.41, 5.74) is 4.22. The molecule has 0 saturated carbocycles. The van der Waals surface area contributed by atoms with Crippen molar-refractivity contribution < 1.29 is 0 Å². The first-order valence-corrected chi connectivity index (χ1v) is 7.19. The van der Waals surface area contributed by atoms with Gasteiger partial charge in [0.15, 0.2) is 0 Å². The minimum atomic E-state index is 0.608. The summed E-state index contributed by atoms with van der Waals surface area (Å²) in [5, 5.41) is 3.14. The van der Waals surface area contributed by atoms with E-state index in [2.05, 4.69) is 39.1 Å². The van der Waals surface area contributed by atoms with Crippen LogP contribution in [0.3, 0.4) is 0 Å². The summed E-state index contributed by atoms with van der Waals surface area (Å²) < 4.78 is 0. The van der Waals surface area contributed by atoms with Crippen LogP contribution in [0.4, 0.5) is 5.82 Å². The largest absolute Gasteiger partial charge is 0.373 e. The van der Waals surface area contributed by atoms with E-state index in [4.69, 9.17) is 0 Å². The Bertz CT molecular complexity index is 717. The maximum atomic E-state index is 4.65. The quantitative estimate of drug-likeness (QED) is 0.771. The van der Waals surface area contributed by atoms with Gasteiger partial charge in [0.25, 0.3) is 0 Å². The molecule has 5 heteroatoms. The zero-order valence-electron chi connectivity index (χ0n) is 12.6. The van der Waals surface area contributed by atoms with Crippen LogP contribution in [-0.2, 0) is 12.8 Å². The third-order valence-corrected chi connectivity index (χ3v) is 3.63. The third kappa shape index (κ3) is 2.59. The number of rotatable bonds is 4. The standard InChI is InChI=1S/C16H19N5/c1-4-11-10(2)16(17-3)21-15(18-11)9-14-19-12-7-5-6-8-13(12)20-14/h5-8H,4,9H2,1-3H3,(H,19,20)(H,17,18,21). The van der Waals surface area contributed by atoms with Crippen molar-refractivity contribution >= 4 is 16.9 Å². The number of H-pyrrole nitrogens is 1. The third-order valence-electron chi connectivity index (χ3n) is 3.63. The van der Waals surface area contributed by atoms with Gasteiger partial charge in [-0.1, -0.05) is 19.1 Å². The highest BCUT2D eigenvalue weighted by Crippen LogP contribution is 2.17. The maximum Gasteiger partial charge on any atom is 0.138 e. The first kappa shape index (κ1) is 13.5. The van der Waals surface area contributed by atoms with Gasteiger partial charge < -0.3 is 10.3 Å². The Balaban J connectivity index is 1.97. The number of aryl methyl sites for hydroxylation is 1. The van der Waals surface area contributed by atoms with Gasteiger partial charge in [-0.15, -0.1) is 0 Å². The molecule has 0 aliphatic rings. The van der Waals surface area contributed by atoms with Crippen molar-refractivity contribution in [1.29, 1.82) is 0 Å². The molecule has 0 saturated heterocycles. The molecule has 0 amide bonds. The molecular weight excluding hydrogens is 262 g/mol. The zero-order valence-corrected chi connectivity index (χ0v) is 12.6. The highest BCUT2D eigenvalue weighted by molar-refractivity contribution is 5.74. The Morgan fingerprint density at radius 2 is 1.95 bits per heavy atom. The average molecular weight is 281 g/mol. The van der Waals surface area contributed by atoms with E-state index < -0.39 is 0 Å². The molecule has 2 N–H and O–H groups in total. The van der Waals surface area contributed by atoms with Crippen molar-refractivity contribution in [3.05, 3.63) is 47.2 Å². The van der Waals surface area contributed by atoms with Crippen LogP contribution in [0.1, 0.15) is 29.8 Å². The number of imidazole rings is 1. The van der Waals surface area contributed by atoms with Crippen LogP contribution in [0, 0.1) is 6.92 Å². The summed E-state index contributed by atoms with van der Waals surface area (Å²) in [6.45, 7) is 4.16. The lowest BCUT2D eigenvalue weighted by Gasteiger charge is -2.10. The smallest absolute Gasteiger partial charge is 0.138 e. The van der Waals surface area contributed by atoms with E-state index in [1.165, 1.54) is 0 Å². The Hall–Kier alpha value is -2.43. The number of nitrogens with one attached hydrogen (secondary N) is 2. The average Bonchev–Trinajstić information content (AvgIpc) is 2.90. The summed E-state index contributed by atoms with van der Waals surface area (Å²) >= 11 is 0. The molecule has 0 fully saturated rings. The van der Waals surface area contributed by atoms with Crippen LogP contribution in [0.2, 0.25) is 0 Å². The Morgan fingerprint density at radius 3 is 2.67 bits per heavy atom. The predicted molar refractivity (Wildman–Crippen MR) is 84.6 cm³/mol. The van der Waals surface area contributed by atoms with Crippen LogP contribution in [-0.4, -0.2) is 27.0 Å². The fourth-order valence-electron chi connectivity index (χ4n) is 2.52. The summed E-state index contributed by atoms with van der Waals surface area (Å²) in [7, 11) is 1.89. The van der Waals surface area contributed by atoms with Gasteiger partial charge in [-0.3, -0.25) is 0 Å². The van der Waals surface area contributed by atoms with Gasteiger partial charge in [-0.25, -0.2) is 15.0 Å². The summed E-state index contributed by atoms with van der Waals surface area (Å²) in [5.74, 6) is 2.58. The van der Waals surface area contributed by atoms with Crippen molar-refractivity contribution in [3.63, 3.8) is 0 Å². The van der Waals surface area contributed by atoms with E-state index in [0.717, 1.165) is 46.2 Å². The van der Waals surface area contributed by atoms with E-state index in [9.17, 15) is 0 Å². The van der Waals surface area contributed by atoms with Gasteiger partial charge in [0.2, 0.25) is 0 Å². The second-order valence-electron chi connectivity index (χ2n) is 5.04. The van der Waals surface area contributed by atoms with Crippen molar-refractivity contribution in [2.75, 3.05) is 12.4 Å². The molecule has 0 radical (unpaired) electrons. The number of anilines is 1. The van der Waals surface area contributed by atoms with Gasteiger partial charge in [-0.2, -0.15) is 0 Å². The number of para-hydroxylation sites is 2.